The molecule has 0 atom stereocenters. The number of nitrogens with one attached hydrogen (secondary N) is 1. The second-order valence-electron chi connectivity index (χ2n) is 6.41. The number of carbonyl (C=O) groups excluding carboxylic acids is 1. The van der Waals surface area contributed by atoms with E-state index in [1.54, 1.807) is 17.4 Å². The third-order valence-corrected chi connectivity index (χ3v) is 5.14. The fourth-order valence-electron chi connectivity index (χ4n) is 2.94. The average Bonchev–Trinajstić information content (AvgIpc) is 3.00. The molecule has 0 bridgehead atoms. The van der Waals surface area contributed by atoms with E-state index in [2.05, 4.69) is 40.1 Å². The van der Waals surface area contributed by atoms with Gasteiger partial charge in [-0.15, -0.1) is 11.3 Å². The van der Waals surface area contributed by atoms with Crippen molar-refractivity contribution in [3.05, 3.63) is 45.9 Å². The van der Waals surface area contributed by atoms with Crippen LogP contribution in [0.5, 0.6) is 0 Å². The summed E-state index contributed by atoms with van der Waals surface area (Å²) in [6.07, 6.45) is 3.27. The first kappa shape index (κ1) is 17.6. The molecule has 1 fully saturated rings. The van der Waals surface area contributed by atoms with Crippen molar-refractivity contribution in [2.24, 2.45) is 0 Å². The molecule has 1 amide bonds. The van der Waals surface area contributed by atoms with Crippen LogP contribution in [0, 0.1) is 13.8 Å². The molecule has 2 aromatic rings. The Hall–Kier alpha value is -2.18. The van der Waals surface area contributed by atoms with Crippen molar-refractivity contribution in [2.75, 3.05) is 43.4 Å². The highest BCUT2D eigenvalue weighted by Gasteiger charge is 2.16. The van der Waals surface area contributed by atoms with Crippen molar-refractivity contribution in [3.63, 3.8) is 0 Å². The number of aromatic nitrogens is 1. The minimum Gasteiger partial charge on any atom is -0.369 e. The molecule has 6 heteroatoms. The number of likely N-dealkylation sites (N-methyl/N-ethyl adjacent to an activating group) is 1. The van der Waals surface area contributed by atoms with Crippen LogP contribution < -0.4 is 10.2 Å². The van der Waals surface area contributed by atoms with Gasteiger partial charge in [-0.1, -0.05) is 0 Å². The number of benzene rings is 1. The molecule has 0 saturated carbocycles. The summed E-state index contributed by atoms with van der Waals surface area (Å²) in [7, 11) is 2.16. The summed E-state index contributed by atoms with van der Waals surface area (Å²) in [5.41, 5.74) is 4.07. The highest BCUT2D eigenvalue weighted by molar-refractivity contribution is 7.09. The number of carbonyl (C=O) groups is 1. The van der Waals surface area contributed by atoms with E-state index in [-0.39, 0.29) is 5.91 Å². The summed E-state index contributed by atoms with van der Waals surface area (Å²) in [5, 5.41) is 5.85. The van der Waals surface area contributed by atoms with Gasteiger partial charge in [-0.2, -0.15) is 0 Å². The molecule has 0 spiro atoms. The third-order valence-electron chi connectivity index (χ3n) is 4.35. The van der Waals surface area contributed by atoms with Crippen LogP contribution in [0.1, 0.15) is 16.3 Å². The van der Waals surface area contributed by atoms with E-state index in [0.717, 1.165) is 42.6 Å². The van der Waals surface area contributed by atoms with Crippen molar-refractivity contribution in [2.45, 2.75) is 13.8 Å². The van der Waals surface area contributed by atoms with Gasteiger partial charge < -0.3 is 15.1 Å². The smallest absolute Gasteiger partial charge is 0.248 e. The van der Waals surface area contributed by atoms with Crippen molar-refractivity contribution in [1.29, 1.82) is 0 Å². The van der Waals surface area contributed by atoms with Crippen molar-refractivity contribution < 1.29 is 4.79 Å². The van der Waals surface area contributed by atoms with E-state index < -0.39 is 0 Å². The van der Waals surface area contributed by atoms with E-state index in [1.165, 1.54) is 17.3 Å². The van der Waals surface area contributed by atoms with E-state index in [9.17, 15) is 4.79 Å². The number of nitrogens with zero attached hydrogens (tertiary/aromatic N) is 3. The molecule has 25 heavy (non-hydrogen) atoms. The Morgan fingerprint density at radius 2 is 2.00 bits per heavy atom. The summed E-state index contributed by atoms with van der Waals surface area (Å²) in [4.78, 5) is 21.2. The highest BCUT2D eigenvalue weighted by Crippen LogP contribution is 2.24. The molecule has 5 nitrogen and oxygen atoms in total. The summed E-state index contributed by atoms with van der Waals surface area (Å²) < 4.78 is 0. The van der Waals surface area contributed by atoms with Gasteiger partial charge in [0.05, 0.1) is 10.7 Å². The molecule has 3 rings (SSSR count). The van der Waals surface area contributed by atoms with Crippen molar-refractivity contribution in [1.82, 2.24) is 9.88 Å². The first-order valence-electron chi connectivity index (χ1n) is 8.46. The first-order valence-corrected chi connectivity index (χ1v) is 9.34. The highest BCUT2D eigenvalue weighted by atomic mass is 32.1. The number of piperazine rings is 1. The molecule has 132 valence electrons. The van der Waals surface area contributed by atoms with Crippen LogP contribution in [0.4, 0.5) is 11.4 Å². The van der Waals surface area contributed by atoms with Crippen molar-refractivity contribution >= 4 is 34.7 Å². The Labute approximate surface area is 153 Å². The lowest BCUT2D eigenvalue weighted by Crippen LogP contribution is -2.44. The second kappa shape index (κ2) is 7.80. The molecule has 1 aliphatic rings. The molecule has 1 N–H and O–H groups in total. The molecular formula is C19H24N4OS. The standard InChI is InChI=1S/C19H24N4OS/c1-14-12-16(4-6-18(14)23-10-8-22(3)9-11-23)21-19(24)7-5-17-13-25-15(2)20-17/h4-7,12-13H,8-11H2,1-3H3,(H,21,24)/b7-5+. The Morgan fingerprint density at radius 3 is 2.64 bits per heavy atom. The van der Waals surface area contributed by atoms with Gasteiger partial charge in [0.25, 0.3) is 0 Å². The number of anilines is 2. The predicted octanol–water partition coefficient (Wildman–Crippen LogP) is 3.16. The number of hydrogen-bond donors (Lipinski definition) is 1. The van der Waals surface area contributed by atoms with Gasteiger partial charge in [-0.05, 0) is 50.7 Å². The lowest BCUT2D eigenvalue weighted by atomic mass is 10.1. The Balaban J connectivity index is 1.62. The maximum Gasteiger partial charge on any atom is 0.248 e. The molecular weight excluding hydrogens is 332 g/mol. The SMILES string of the molecule is Cc1nc(/C=C/C(=O)Nc2ccc(N3CCN(C)CC3)c(C)c2)cs1. The second-order valence-corrected chi connectivity index (χ2v) is 7.47. The zero-order valence-electron chi connectivity index (χ0n) is 15.0. The minimum atomic E-state index is -0.141. The first-order chi connectivity index (χ1) is 12.0. The molecule has 0 aliphatic carbocycles. The van der Waals surface area contributed by atoms with Crippen LogP contribution in [0.2, 0.25) is 0 Å². The largest absolute Gasteiger partial charge is 0.369 e. The zero-order valence-corrected chi connectivity index (χ0v) is 15.8. The molecule has 2 heterocycles. The van der Waals surface area contributed by atoms with E-state index in [0.29, 0.717) is 0 Å². The van der Waals surface area contributed by atoms with Gasteiger partial charge >= 0.3 is 0 Å². The number of aryl methyl sites for hydroxylation is 2. The number of rotatable bonds is 4. The molecule has 1 aromatic carbocycles. The Morgan fingerprint density at radius 1 is 1.24 bits per heavy atom. The maximum absolute atomic E-state index is 12.1. The summed E-state index contributed by atoms with van der Waals surface area (Å²) in [6, 6.07) is 6.11. The molecule has 1 saturated heterocycles. The number of hydrogen-bond acceptors (Lipinski definition) is 5. The van der Waals surface area contributed by atoms with E-state index in [1.807, 2.05) is 24.4 Å². The van der Waals surface area contributed by atoms with Crippen molar-refractivity contribution in [3.8, 4) is 0 Å². The van der Waals surface area contributed by atoms with E-state index >= 15 is 0 Å². The maximum atomic E-state index is 12.1. The van der Waals surface area contributed by atoms with Gasteiger partial charge in [0, 0.05) is 49.0 Å². The Bertz CT molecular complexity index is 775. The molecule has 0 unspecified atom stereocenters. The predicted molar refractivity (Wildman–Crippen MR) is 105 cm³/mol. The topological polar surface area (TPSA) is 48.5 Å². The number of amides is 1. The van der Waals surface area contributed by atoms with Crippen LogP contribution in [0.15, 0.2) is 29.7 Å². The Kier molecular flexibility index (Phi) is 5.50. The summed E-state index contributed by atoms with van der Waals surface area (Å²) >= 11 is 1.58. The lowest BCUT2D eigenvalue weighted by Gasteiger charge is -2.35. The zero-order chi connectivity index (χ0) is 17.8. The van der Waals surface area contributed by atoms with Gasteiger partial charge in [-0.3, -0.25) is 4.79 Å². The van der Waals surface area contributed by atoms with Gasteiger partial charge in [0.15, 0.2) is 0 Å². The average molecular weight is 356 g/mol. The quantitative estimate of drug-likeness (QED) is 0.855. The van der Waals surface area contributed by atoms with E-state index in [4.69, 9.17) is 0 Å². The fourth-order valence-corrected chi connectivity index (χ4v) is 3.52. The monoisotopic (exact) mass is 356 g/mol. The molecule has 1 aliphatic heterocycles. The minimum absolute atomic E-state index is 0.141. The van der Waals surface area contributed by atoms with Gasteiger partial charge in [0.1, 0.15) is 0 Å². The summed E-state index contributed by atoms with van der Waals surface area (Å²) in [6.45, 7) is 8.29. The normalized spacial score (nSPS) is 15.7. The summed E-state index contributed by atoms with van der Waals surface area (Å²) in [5.74, 6) is -0.141. The van der Waals surface area contributed by atoms with Crippen LogP contribution in [-0.2, 0) is 4.79 Å². The third kappa shape index (κ3) is 4.67. The van der Waals surface area contributed by atoms with Crippen LogP contribution in [0.25, 0.3) is 6.08 Å². The molecule has 1 aromatic heterocycles. The molecule has 0 radical (unpaired) electrons. The fraction of sp³-hybridized carbons (Fsp3) is 0.368. The van der Waals surface area contributed by atoms with Crippen LogP contribution >= 0.6 is 11.3 Å². The lowest BCUT2D eigenvalue weighted by molar-refractivity contribution is -0.111. The number of thiazole rings is 1. The van der Waals surface area contributed by atoms with Gasteiger partial charge in [0.2, 0.25) is 5.91 Å². The van der Waals surface area contributed by atoms with Crippen LogP contribution in [0.3, 0.4) is 0 Å². The van der Waals surface area contributed by atoms with Gasteiger partial charge in [-0.25, -0.2) is 4.98 Å². The van der Waals surface area contributed by atoms with Crippen LogP contribution in [-0.4, -0.2) is 49.0 Å².